The third kappa shape index (κ3) is 4.21. The third-order valence-electron chi connectivity index (χ3n) is 4.56. The quantitative estimate of drug-likeness (QED) is 0.646. The first-order chi connectivity index (χ1) is 13.7. The van der Waals surface area contributed by atoms with Gasteiger partial charge in [0.15, 0.2) is 6.61 Å². The second kappa shape index (κ2) is 8.50. The summed E-state index contributed by atoms with van der Waals surface area (Å²) in [7, 11) is 0. The van der Waals surface area contributed by atoms with Crippen molar-refractivity contribution < 1.29 is 19.1 Å². The Morgan fingerprint density at radius 3 is 2.82 bits per heavy atom. The molecule has 1 atom stereocenters. The zero-order valence-electron chi connectivity index (χ0n) is 15.2. The summed E-state index contributed by atoms with van der Waals surface area (Å²) in [5.74, 6) is -0.872. The molecule has 144 valence electrons. The van der Waals surface area contributed by atoms with Gasteiger partial charge in [0, 0.05) is 18.7 Å². The Kier molecular flexibility index (Phi) is 5.64. The molecule has 6 nitrogen and oxygen atoms in total. The van der Waals surface area contributed by atoms with Gasteiger partial charge in [0.2, 0.25) is 0 Å². The van der Waals surface area contributed by atoms with Crippen molar-refractivity contribution in [3.63, 3.8) is 0 Å². The number of ether oxygens (including phenoxy) is 2. The number of nitrogens with zero attached hydrogens (tertiary/aromatic N) is 1. The van der Waals surface area contributed by atoms with Gasteiger partial charge in [0.25, 0.3) is 5.91 Å². The molecule has 1 amide bonds. The van der Waals surface area contributed by atoms with E-state index < -0.39 is 5.97 Å². The van der Waals surface area contributed by atoms with Crippen molar-refractivity contribution >= 4 is 33.4 Å². The first-order valence-electron chi connectivity index (χ1n) is 9.21. The SMILES string of the molecule is O=C(COC(=O)c1ccccc1-c1nc2ccccc2s1)NCC1CCCO1. The minimum Gasteiger partial charge on any atom is -0.452 e. The summed E-state index contributed by atoms with van der Waals surface area (Å²) in [6, 6.07) is 15.0. The molecule has 0 saturated carbocycles. The number of nitrogens with one attached hydrogen (secondary N) is 1. The summed E-state index contributed by atoms with van der Waals surface area (Å²) >= 11 is 1.52. The number of para-hydroxylation sites is 1. The molecule has 7 heteroatoms. The zero-order valence-corrected chi connectivity index (χ0v) is 16.0. The van der Waals surface area contributed by atoms with E-state index in [2.05, 4.69) is 10.3 Å². The van der Waals surface area contributed by atoms with Gasteiger partial charge in [-0.3, -0.25) is 4.79 Å². The van der Waals surface area contributed by atoms with Crippen LogP contribution in [0.15, 0.2) is 48.5 Å². The molecular formula is C21H20N2O4S. The van der Waals surface area contributed by atoms with Crippen molar-refractivity contribution in [3.8, 4) is 10.6 Å². The van der Waals surface area contributed by atoms with E-state index in [1.54, 1.807) is 12.1 Å². The van der Waals surface area contributed by atoms with Gasteiger partial charge in [-0.1, -0.05) is 30.3 Å². The van der Waals surface area contributed by atoms with Gasteiger partial charge in [0.1, 0.15) is 5.01 Å². The molecule has 2 aromatic carbocycles. The first kappa shape index (κ1) is 18.6. The van der Waals surface area contributed by atoms with Crippen molar-refractivity contribution in [2.24, 2.45) is 0 Å². The third-order valence-corrected chi connectivity index (χ3v) is 5.63. The van der Waals surface area contributed by atoms with Crippen LogP contribution < -0.4 is 5.32 Å². The summed E-state index contributed by atoms with van der Waals surface area (Å²) in [5, 5.41) is 3.49. The van der Waals surface area contributed by atoms with Gasteiger partial charge >= 0.3 is 5.97 Å². The Morgan fingerprint density at radius 1 is 1.18 bits per heavy atom. The summed E-state index contributed by atoms with van der Waals surface area (Å²) < 4.78 is 11.7. The lowest BCUT2D eigenvalue weighted by atomic mass is 10.1. The smallest absolute Gasteiger partial charge is 0.339 e. The van der Waals surface area contributed by atoms with Crippen LogP contribution in [0.2, 0.25) is 0 Å². The fourth-order valence-corrected chi connectivity index (χ4v) is 4.13. The summed E-state index contributed by atoms with van der Waals surface area (Å²) in [6.07, 6.45) is 2.01. The topological polar surface area (TPSA) is 77.5 Å². The minimum absolute atomic E-state index is 0.0550. The van der Waals surface area contributed by atoms with Crippen LogP contribution in [-0.4, -0.2) is 42.7 Å². The number of carbonyl (C=O) groups excluding carboxylic acids is 2. The maximum absolute atomic E-state index is 12.6. The number of hydrogen-bond acceptors (Lipinski definition) is 6. The highest BCUT2D eigenvalue weighted by molar-refractivity contribution is 7.21. The molecule has 0 radical (unpaired) electrons. The van der Waals surface area contributed by atoms with Gasteiger partial charge < -0.3 is 14.8 Å². The number of carbonyl (C=O) groups is 2. The molecule has 0 aliphatic carbocycles. The summed E-state index contributed by atoms with van der Waals surface area (Å²) in [4.78, 5) is 29.1. The van der Waals surface area contributed by atoms with E-state index in [9.17, 15) is 9.59 Å². The first-order valence-corrected chi connectivity index (χ1v) is 10.0. The number of aromatic nitrogens is 1. The molecule has 1 aliphatic heterocycles. The molecule has 1 aromatic heterocycles. The molecule has 1 N–H and O–H groups in total. The molecular weight excluding hydrogens is 376 g/mol. The molecule has 0 bridgehead atoms. The van der Waals surface area contributed by atoms with Crippen molar-refractivity contribution in [2.45, 2.75) is 18.9 Å². The van der Waals surface area contributed by atoms with Crippen molar-refractivity contribution in [1.29, 1.82) is 0 Å². The molecule has 4 rings (SSSR count). The lowest BCUT2D eigenvalue weighted by molar-refractivity contribution is -0.124. The van der Waals surface area contributed by atoms with Crippen LogP contribution in [0.1, 0.15) is 23.2 Å². The lowest BCUT2D eigenvalue weighted by Gasteiger charge is -2.11. The highest BCUT2D eigenvalue weighted by atomic mass is 32.1. The number of fused-ring (bicyclic) bond motifs is 1. The molecule has 1 aliphatic rings. The maximum Gasteiger partial charge on any atom is 0.339 e. The van der Waals surface area contributed by atoms with Crippen molar-refractivity contribution in [2.75, 3.05) is 19.8 Å². The van der Waals surface area contributed by atoms with Crippen LogP contribution in [0.4, 0.5) is 0 Å². The van der Waals surface area contributed by atoms with Crippen LogP contribution in [0.3, 0.4) is 0 Å². The highest BCUT2D eigenvalue weighted by Crippen LogP contribution is 2.32. The van der Waals surface area contributed by atoms with Crippen molar-refractivity contribution in [1.82, 2.24) is 10.3 Å². The summed E-state index contributed by atoms with van der Waals surface area (Å²) in [5.41, 5.74) is 1.99. The Bertz CT molecular complexity index is 962. The Balaban J connectivity index is 1.42. The van der Waals surface area contributed by atoms with Gasteiger partial charge in [-0.25, -0.2) is 9.78 Å². The maximum atomic E-state index is 12.6. The fraction of sp³-hybridized carbons (Fsp3) is 0.286. The average Bonchev–Trinajstić information content (AvgIpc) is 3.40. The van der Waals surface area contributed by atoms with Crippen LogP contribution in [-0.2, 0) is 14.3 Å². The number of amides is 1. The number of rotatable bonds is 6. The molecule has 1 fully saturated rings. The summed E-state index contributed by atoms with van der Waals surface area (Å²) in [6.45, 7) is 0.858. The Hall–Kier alpha value is -2.77. The molecule has 1 unspecified atom stereocenters. The monoisotopic (exact) mass is 396 g/mol. The van der Waals surface area contributed by atoms with Gasteiger partial charge in [-0.05, 0) is 31.0 Å². The van der Waals surface area contributed by atoms with Crippen LogP contribution >= 0.6 is 11.3 Å². The second-order valence-corrected chi connectivity index (χ2v) is 7.58. The molecule has 28 heavy (non-hydrogen) atoms. The predicted molar refractivity (Wildman–Crippen MR) is 107 cm³/mol. The van der Waals surface area contributed by atoms with Gasteiger partial charge in [-0.2, -0.15) is 0 Å². The molecule has 1 saturated heterocycles. The van der Waals surface area contributed by atoms with E-state index in [-0.39, 0.29) is 18.6 Å². The van der Waals surface area contributed by atoms with Gasteiger partial charge in [-0.15, -0.1) is 11.3 Å². The van der Waals surface area contributed by atoms with E-state index in [4.69, 9.17) is 9.47 Å². The Morgan fingerprint density at radius 2 is 2.00 bits per heavy atom. The van der Waals surface area contributed by atoms with Crippen LogP contribution in [0, 0.1) is 0 Å². The van der Waals surface area contributed by atoms with Crippen molar-refractivity contribution in [3.05, 3.63) is 54.1 Å². The fourth-order valence-electron chi connectivity index (χ4n) is 3.13. The Labute approximate surface area is 166 Å². The van der Waals surface area contributed by atoms with E-state index >= 15 is 0 Å². The van der Waals surface area contributed by atoms with E-state index in [1.807, 2.05) is 36.4 Å². The predicted octanol–water partition coefficient (Wildman–Crippen LogP) is 3.42. The van der Waals surface area contributed by atoms with E-state index in [0.717, 1.165) is 34.7 Å². The lowest BCUT2D eigenvalue weighted by Crippen LogP contribution is -2.34. The number of hydrogen-bond donors (Lipinski definition) is 1. The largest absolute Gasteiger partial charge is 0.452 e. The number of thiazole rings is 1. The van der Waals surface area contributed by atoms with E-state index in [0.29, 0.717) is 17.7 Å². The minimum atomic E-state index is -0.540. The zero-order chi connectivity index (χ0) is 19.3. The van der Waals surface area contributed by atoms with Crippen LogP contribution in [0.25, 0.3) is 20.8 Å². The number of esters is 1. The molecule has 3 aromatic rings. The van der Waals surface area contributed by atoms with Crippen LogP contribution in [0.5, 0.6) is 0 Å². The standard InChI is InChI=1S/C21H20N2O4S/c24-19(22-12-14-6-5-11-26-14)13-27-21(25)16-8-2-1-7-15(16)20-23-17-9-3-4-10-18(17)28-20/h1-4,7-10,14H,5-6,11-13H2,(H,22,24). The molecule has 2 heterocycles. The highest BCUT2D eigenvalue weighted by Gasteiger charge is 2.19. The van der Waals surface area contributed by atoms with E-state index in [1.165, 1.54) is 11.3 Å². The van der Waals surface area contributed by atoms with Gasteiger partial charge in [0.05, 0.1) is 21.9 Å². The number of benzene rings is 2. The normalized spacial score (nSPS) is 16.2. The average molecular weight is 396 g/mol. The molecule has 0 spiro atoms. The second-order valence-electron chi connectivity index (χ2n) is 6.55.